The highest BCUT2D eigenvalue weighted by atomic mass is 16.7. The van der Waals surface area contributed by atoms with Crippen molar-refractivity contribution in [2.75, 3.05) is 25.6 Å². The lowest BCUT2D eigenvalue weighted by molar-refractivity contribution is -0.159. The van der Waals surface area contributed by atoms with Gasteiger partial charge in [-0.15, -0.1) is 0 Å². The quantitative estimate of drug-likeness (QED) is 0.459. The minimum absolute atomic E-state index is 0.0905. The summed E-state index contributed by atoms with van der Waals surface area (Å²) >= 11 is 0. The Kier molecular flexibility index (Phi) is 7.12. The molecule has 3 aromatic rings. The van der Waals surface area contributed by atoms with Crippen LogP contribution in [-0.2, 0) is 20.8 Å². The topological polar surface area (TPSA) is 105 Å². The third-order valence-corrected chi connectivity index (χ3v) is 5.97. The molecule has 0 bridgehead atoms. The third kappa shape index (κ3) is 5.17. The van der Waals surface area contributed by atoms with Gasteiger partial charge in [0.15, 0.2) is 6.61 Å². The highest BCUT2D eigenvalue weighted by molar-refractivity contribution is 6.02. The van der Waals surface area contributed by atoms with Crippen molar-refractivity contribution in [3.8, 4) is 11.1 Å². The van der Waals surface area contributed by atoms with Crippen molar-refractivity contribution in [3.05, 3.63) is 89.0 Å². The van der Waals surface area contributed by atoms with Crippen LogP contribution in [0.3, 0.4) is 0 Å². The van der Waals surface area contributed by atoms with Crippen molar-refractivity contribution >= 4 is 23.7 Å². The number of carbonyl (C=O) groups excluding carboxylic acids is 2. The van der Waals surface area contributed by atoms with Crippen LogP contribution < -0.4 is 5.32 Å². The molecule has 0 atom stereocenters. The molecule has 0 spiro atoms. The summed E-state index contributed by atoms with van der Waals surface area (Å²) in [5, 5.41) is 12.3. The van der Waals surface area contributed by atoms with Gasteiger partial charge in [-0.1, -0.05) is 61.5 Å². The number of fused-ring (bicyclic) bond motifs is 3. The molecule has 0 saturated carbocycles. The zero-order valence-corrected chi connectivity index (χ0v) is 19.5. The summed E-state index contributed by atoms with van der Waals surface area (Å²) in [7, 11) is 1.32. The number of rotatable bonds is 8. The minimum atomic E-state index is -1.20. The minimum Gasteiger partial charge on any atom is -0.479 e. The van der Waals surface area contributed by atoms with E-state index in [9.17, 15) is 14.4 Å². The summed E-state index contributed by atoms with van der Waals surface area (Å²) in [5.41, 5.74) is 5.75. The second kappa shape index (κ2) is 10.4. The molecular weight excluding hydrogens is 448 g/mol. The van der Waals surface area contributed by atoms with E-state index >= 15 is 0 Å². The van der Waals surface area contributed by atoms with Gasteiger partial charge in [0.1, 0.15) is 6.61 Å². The first-order valence-electron chi connectivity index (χ1n) is 11.3. The number of hydrogen-bond donors (Lipinski definition) is 2. The van der Waals surface area contributed by atoms with Crippen molar-refractivity contribution < 1.29 is 29.1 Å². The first-order valence-corrected chi connectivity index (χ1v) is 11.3. The third-order valence-electron chi connectivity index (χ3n) is 5.97. The van der Waals surface area contributed by atoms with Gasteiger partial charge in [-0.25, -0.2) is 14.7 Å². The predicted octanol–water partition coefficient (Wildman–Crippen LogP) is 4.70. The second-order valence-electron chi connectivity index (χ2n) is 8.15. The fourth-order valence-corrected chi connectivity index (χ4v) is 4.22. The van der Waals surface area contributed by atoms with Crippen LogP contribution >= 0.6 is 0 Å². The zero-order chi connectivity index (χ0) is 24.9. The summed E-state index contributed by atoms with van der Waals surface area (Å²) in [6.07, 6.45) is -0.0233. The molecule has 0 heterocycles. The molecule has 4 rings (SSSR count). The Balaban J connectivity index is 1.49. The van der Waals surface area contributed by atoms with Crippen LogP contribution in [0.5, 0.6) is 0 Å². The largest absolute Gasteiger partial charge is 0.479 e. The molecule has 3 aromatic carbocycles. The molecule has 0 fully saturated rings. The van der Waals surface area contributed by atoms with Gasteiger partial charge >= 0.3 is 12.1 Å². The number of nitrogens with zero attached hydrogens (tertiary/aromatic N) is 1. The number of carboxylic acid groups (broad SMARTS) is 1. The number of carbonyl (C=O) groups is 3. The van der Waals surface area contributed by atoms with Crippen LogP contribution in [-0.4, -0.2) is 48.4 Å². The number of aliphatic carboxylic acids is 1. The SMILES string of the molecule is CCc1ccc(NC(=O)OCC2c3ccccc3-c3ccccc32)c(C(=O)N(C)OCC(=O)O)c1. The fraction of sp³-hybridized carbons (Fsp3) is 0.222. The number of anilines is 1. The molecular formula is C27H26N2O6. The van der Waals surface area contributed by atoms with Crippen molar-refractivity contribution in [2.24, 2.45) is 0 Å². The molecule has 0 radical (unpaired) electrons. The number of hydrogen-bond acceptors (Lipinski definition) is 5. The maximum absolute atomic E-state index is 12.9. The summed E-state index contributed by atoms with van der Waals surface area (Å²) in [6.45, 7) is 1.41. The fourth-order valence-electron chi connectivity index (χ4n) is 4.22. The number of aryl methyl sites for hydroxylation is 1. The van der Waals surface area contributed by atoms with Gasteiger partial charge in [0, 0.05) is 13.0 Å². The highest BCUT2D eigenvalue weighted by Crippen LogP contribution is 2.44. The number of ether oxygens (including phenoxy) is 1. The average molecular weight is 475 g/mol. The van der Waals surface area contributed by atoms with Crippen LogP contribution in [0.4, 0.5) is 10.5 Å². The highest BCUT2D eigenvalue weighted by Gasteiger charge is 2.29. The molecule has 8 nitrogen and oxygen atoms in total. The number of carboxylic acids is 1. The molecule has 8 heteroatoms. The van der Waals surface area contributed by atoms with Crippen molar-refractivity contribution in [1.29, 1.82) is 0 Å². The van der Waals surface area contributed by atoms with E-state index in [0.29, 0.717) is 6.42 Å². The van der Waals surface area contributed by atoms with E-state index in [2.05, 4.69) is 17.4 Å². The van der Waals surface area contributed by atoms with Crippen LogP contribution in [0, 0.1) is 0 Å². The van der Waals surface area contributed by atoms with Gasteiger partial charge in [0.25, 0.3) is 5.91 Å². The molecule has 0 saturated heterocycles. The normalized spacial score (nSPS) is 11.9. The Hall–Kier alpha value is -4.17. The van der Waals surface area contributed by atoms with E-state index in [0.717, 1.165) is 32.9 Å². The lowest BCUT2D eigenvalue weighted by Crippen LogP contribution is -2.30. The Morgan fingerprint density at radius 2 is 1.60 bits per heavy atom. The van der Waals surface area contributed by atoms with Crippen molar-refractivity contribution in [1.82, 2.24) is 5.06 Å². The molecule has 2 N–H and O–H groups in total. The van der Waals surface area contributed by atoms with Crippen LogP contribution in [0.15, 0.2) is 66.7 Å². The first-order chi connectivity index (χ1) is 16.9. The van der Waals surface area contributed by atoms with E-state index in [1.807, 2.05) is 43.3 Å². The summed E-state index contributed by atoms with van der Waals surface area (Å²) in [6, 6.07) is 21.2. The van der Waals surface area contributed by atoms with E-state index in [1.54, 1.807) is 18.2 Å². The van der Waals surface area contributed by atoms with Crippen LogP contribution in [0.1, 0.15) is 39.9 Å². The van der Waals surface area contributed by atoms with Gasteiger partial charge in [-0.3, -0.25) is 14.9 Å². The molecule has 0 aliphatic heterocycles. The van der Waals surface area contributed by atoms with Gasteiger partial charge < -0.3 is 9.84 Å². The predicted molar refractivity (Wildman–Crippen MR) is 130 cm³/mol. The number of hydroxylamine groups is 2. The monoisotopic (exact) mass is 474 g/mol. The van der Waals surface area contributed by atoms with Gasteiger partial charge in [-0.05, 0) is 46.4 Å². The molecule has 0 unspecified atom stereocenters. The summed E-state index contributed by atoms with van der Waals surface area (Å²) in [5.74, 6) is -1.88. The van der Waals surface area contributed by atoms with E-state index in [4.69, 9.17) is 14.7 Å². The molecule has 35 heavy (non-hydrogen) atoms. The van der Waals surface area contributed by atoms with Crippen LogP contribution in [0.2, 0.25) is 0 Å². The standard InChI is InChI=1S/C27H26N2O6/c1-3-17-12-13-24(22(14-17)26(32)29(2)35-16-25(30)31)28-27(33)34-15-23-20-10-6-4-8-18(20)19-9-5-7-11-21(19)23/h4-14,23H,3,15-16H2,1-2H3,(H,28,33)(H,30,31). The van der Waals surface area contributed by atoms with E-state index in [-0.39, 0.29) is 23.8 Å². The number of nitrogens with one attached hydrogen (secondary N) is 1. The van der Waals surface area contributed by atoms with Crippen LogP contribution in [0.25, 0.3) is 11.1 Å². The lowest BCUT2D eigenvalue weighted by Gasteiger charge is -2.19. The molecule has 0 aromatic heterocycles. The smallest absolute Gasteiger partial charge is 0.411 e. The van der Waals surface area contributed by atoms with E-state index in [1.165, 1.54) is 7.05 Å². The molecule has 1 aliphatic carbocycles. The van der Waals surface area contributed by atoms with Gasteiger partial charge in [-0.2, -0.15) is 0 Å². The molecule has 1 aliphatic rings. The Labute approximate surface area is 203 Å². The Bertz CT molecular complexity index is 1230. The average Bonchev–Trinajstić information content (AvgIpc) is 3.19. The van der Waals surface area contributed by atoms with Gasteiger partial charge in [0.2, 0.25) is 0 Å². The first kappa shape index (κ1) is 24.0. The Morgan fingerprint density at radius 3 is 2.20 bits per heavy atom. The van der Waals surface area contributed by atoms with E-state index < -0.39 is 24.6 Å². The number of amides is 2. The zero-order valence-electron chi connectivity index (χ0n) is 19.5. The molecule has 2 amide bonds. The second-order valence-corrected chi connectivity index (χ2v) is 8.15. The van der Waals surface area contributed by atoms with Gasteiger partial charge in [0.05, 0.1) is 11.3 Å². The van der Waals surface area contributed by atoms with Crippen molar-refractivity contribution in [2.45, 2.75) is 19.3 Å². The number of benzene rings is 3. The summed E-state index contributed by atoms with van der Waals surface area (Å²) in [4.78, 5) is 41.4. The summed E-state index contributed by atoms with van der Waals surface area (Å²) < 4.78 is 5.59. The lowest BCUT2D eigenvalue weighted by atomic mass is 9.98. The van der Waals surface area contributed by atoms with Crippen molar-refractivity contribution in [3.63, 3.8) is 0 Å². The maximum Gasteiger partial charge on any atom is 0.411 e. The molecule has 180 valence electrons. The Morgan fingerprint density at radius 1 is 0.971 bits per heavy atom. The maximum atomic E-state index is 12.9.